The van der Waals surface area contributed by atoms with Gasteiger partial charge in [0.15, 0.2) is 0 Å². The number of rotatable bonds is 3. The van der Waals surface area contributed by atoms with Crippen LogP contribution in [0.15, 0.2) is 0 Å². The molecule has 0 aromatic carbocycles. The van der Waals surface area contributed by atoms with E-state index in [-0.39, 0.29) is 11.5 Å². The van der Waals surface area contributed by atoms with Crippen LogP contribution in [0.4, 0.5) is 0 Å². The number of hydrogen-bond acceptors (Lipinski definition) is 2. The zero-order valence-corrected chi connectivity index (χ0v) is 10.2. The van der Waals surface area contributed by atoms with Crippen molar-refractivity contribution in [1.29, 1.82) is 0 Å². The Balaban J connectivity index is 4.27. The van der Waals surface area contributed by atoms with Gasteiger partial charge in [-0.1, -0.05) is 41.5 Å². The normalized spacial score (nSPS) is 15.9. The van der Waals surface area contributed by atoms with Crippen LogP contribution in [-0.2, 0) is 4.84 Å². The van der Waals surface area contributed by atoms with Crippen LogP contribution in [0.5, 0.6) is 0 Å². The Bertz CT molecular complexity index is 141. The van der Waals surface area contributed by atoms with Crippen LogP contribution in [0.25, 0.3) is 0 Å². The molecule has 2 heteroatoms. The Labute approximate surface area is 83.0 Å². The highest BCUT2D eigenvalue weighted by Crippen LogP contribution is 2.32. The van der Waals surface area contributed by atoms with Gasteiger partial charge in [-0.05, 0) is 17.3 Å². The average Bonchev–Trinajstić information content (AvgIpc) is 1.81. The zero-order valence-electron chi connectivity index (χ0n) is 10.2. The molecule has 0 rings (SSSR count). The molecule has 1 N–H and O–H groups in total. The summed E-state index contributed by atoms with van der Waals surface area (Å²) in [4.78, 5) is 5.53. The first-order valence-electron chi connectivity index (χ1n) is 4.99. The summed E-state index contributed by atoms with van der Waals surface area (Å²) in [6.45, 7) is 13.3. The molecular formula is C11H25NO. The monoisotopic (exact) mass is 187 g/mol. The Morgan fingerprint density at radius 2 is 1.54 bits per heavy atom. The number of hydrogen-bond donors (Lipinski definition) is 1. The second kappa shape index (κ2) is 4.43. The van der Waals surface area contributed by atoms with E-state index in [1.165, 1.54) is 0 Å². The minimum atomic E-state index is 0.191. The first kappa shape index (κ1) is 12.9. The lowest BCUT2D eigenvalue weighted by Gasteiger charge is -2.34. The molecular weight excluding hydrogens is 162 g/mol. The van der Waals surface area contributed by atoms with Crippen LogP contribution in [0, 0.1) is 10.8 Å². The highest BCUT2D eigenvalue weighted by atomic mass is 16.7. The van der Waals surface area contributed by atoms with E-state index in [1.807, 2.05) is 7.05 Å². The maximum absolute atomic E-state index is 5.53. The van der Waals surface area contributed by atoms with Crippen molar-refractivity contribution in [2.24, 2.45) is 10.8 Å². The molecule has 0 heterocycles. The Morgan fingerprint density at radius 1 is 1.08 bits per heavy atom. The van der Waals surface area contributed by atoms with E-state index in [1.54, 1.807) is 0 Å². The Kier molecular flexibility index (Phi) is 4.40. The van der Waals surface area contributed by atoms with Crippen molar-refractivity contribution < 1.29 is 4.84 Å². The highest BCUT2D eigenvalue weighted by molar-refractivity contribution is 4.79. The predicted molar refractivity (Wildman–Crippen MR) is 57.5 cm³/mol. The molecule has 0 bridgehead atoms. The molecule has 0 saturated carbocycles. The fourth-order valence-corrected chi connectivity index (χ4v) is 1.22. The topological polar surface area (TPSA) is 21.3 Å². The smallest absolute Gasteiger partial charge is 0.0843 e. The molecule has 80 valence electrons. The highest BCUT2D eigenvalue weighted by Gasteiger charge is 2.29. The summed E-state index contributed by atoms with van der Waals surface area (Å²) in [5.41, 5.74) is 3.30. The summed E-state index contributed by atoms with van der Waals surface area (Å²) in [6, 6.07) is 0. The molecule has 0 saturated heterocycles. The molecule has 1 unspecified atom stereocenters. The quantitative estimate of drug-likeness (QED) is 0.686. The van der Waals surface area contributed by atoms with Crippen LogP contribution in [0.3, 0.4) is 0 Å². The van der Waals surface area contributed by atoms with E-state index in [4.69, 9.17) is 4.84 Å². The van der Waals surface area contributed by atoms with Gasteiger partial charge in [-0.3, -0.25) is 4.84 Å². The zero-order chi connectivity index (χ0) is 10.7. The van der Waals surface area contributed by atoms with Gasteiger partial charge in [0, 0.05) is 7.05 Å². The molecule has 0 aliphatic rings. The first-order valence-corrected chi connectivity index (χ1v) is 4.99. The fraction of sp³-hybridized carbons (Fsp3) is 1.00. The molecule has 0 fully saturated rings. The molecule has 0 amide bonds. The summed E-state index contributed by atoms with van der Waals surface area (Å²) < 4.78 is 0. The van der Waals surface area contributed by atoms with Gasteiger partial charge in [-0.2, -0.15) is 0 Å². The SMILES string of the molecule is CNOC(CC(C)(C)C)C(C)(C)C. The lowest BCUT2D eigenvalue weighted by atomic mass is 9.79. The van der Waals surface area contributed by atoms with Crippen LogP contribution in [-0.4, -0.2) is 13.2 Å². The van der Waals surface area contributed by atoms with Crippen LogP contribution >= 0.6 is 0 Å². The van der Waals surface area contributed by atoms with Crippen molar-refractivity contribution in [1.82, 2.24) is 5.48 Å². The largest absolute Gasteiger partial charge is 0.298 e. The number of hydroxylamine groups is 1. The van der Waals surface area contributed by atoms with Crippen molar-refractivity contribution >= 4 is 0 Å². The van der Waals surface area contributed by atoms with Crippen molar-refractivity contribution in [3.63, 3.8) is 0 Å². The van der Waals surface area contributed by atoms with Crippen molar-refractivity contribution in [2.75, 3.05) is 7.05 Å². The summed E-state index contributed by atoms with van der Waals surface area (Å²) in [6.07, 6.45) is 1.33. The molecule has 0 aromatic heterocycles. The molecule has 13 heavy (non-hydrogen) atoms. The molecule has 1 atom stereocenters. The minimum absolute atomic E-state index is 0.191. The summed E-state index contributed by atoms with van der Waals surface area (Å²) >= 11 is 0. The Hall–Kier alpha value is -0.0800. The van der Waals surface area contributed by atoms with Gasteiger partial charge >= 0.3 is 0 Å². The minimum Gasteiger partial charge on any atom is -0.298 e. The maximum atomic E-state index is 5.53. The Morgan fingerprint density at radius 3 is 1.77 bits per heavy atom. The summed E-state index contributed by atoms with van der Waals surface area (Å²) in [7, 11) is 1.82. The van der Waals surface area contributed by atoms with Crippen molar-refractivity contribution in [3.05, 3.63) is 0 Å². The molecule has 0 spiro atoms. The van der Waals surface area contributed by atoms with Gasteiger partial charge in [0.25, 0.3) is 0 Å². The molecule has 0 aliphatic heterocycles. The average molecular weight is 187 g/mol. The van der Waals surface area contributed by atoms with Gasteiger partial charge in [-0.25, -0.2) is 5.48 Å². The second-order valence-corrected chi connectivity index (χ2v) is 5.94. The van der Waals surface area contributed by atoms with Crippen LogP contribution < -0.4 is 5.48 Å². The molecule has 0 radical (unpaired) electrons. The second-order valence-electron chi connectivity index (χ2n) is 5.94. The van der Waals surface area contributed by atoms with E-state index in [0.717, 1.165) is 6.42 Å². The third-order valence-electron chi connectivity index (χ3n) is 2.02. The van der Waals surface area contributed by atoms with Gasteiger partial charge in [-0.15, -0.1) is 0 Å². The maximum Gasteiger partial charge on any atom is 0.0843 e. The molecule has 2 nitrogen and oxygen atoms in total. The van der Waals surface area contributed by atoms with Gasteiger partial charge in [0.1, 0.15) is 0 Å². The summed E-state index contributed by atoms with van der Waals surface area (Å²) in [5, 5.41) is 0. The van der Waals surface area contributed by atoms with Crippen LogP contribution in [0.2, 0.25) is 0 Å². The third-order valence-corrected chi connectivity index (χ3v) is 2.02. The summed E-state index contributed by atoms with van der Waals surface area (Å²) in [5.74, 6) is 0. The van der Waals surface area contributed by atoms with Crippen LogP contribution in [0.1, 0.15) is 48.0 Å². The van der Waals surface area contributed by atoms with E-state index < -0.39 is 0 Å². The van der Waals surface area contributed by atoms with Gasteiger partial charge in [0.05, 0.1) is 6.10 Å². The lowest BCUT2D eigenvalue weighted by Crippen LogP contribution is -2.36. The lowest BCUT2D eigenvalue weighted by molar-refractivity contribution is -0.0858. The van der Waals surface area contributed by atoms with Gasteiger partial charge in [0.2, 0.25) is 0 Å². The van der Waals surface area contributed by atoms with E-state index in [2.05, 4.69) is 47.0 Å². The predicted octanol–water partition coefficient (Wildman–Crippen LogP) is 2.99. The molecule has 0 aliphatic carbocycles. The third kappa shape index (κ3) is 6.05. The van der Waals surface area contributed by atoms with Crippen molar-refractivity contribution in [3.8, 4) is 0 Å². The standard InChI is InChI=1S/C11H25NO/c1-10(2,3)8-9(13-12-7)11(4,5)6/h9,12H,8H2,1-7H3. The number of nitrogens with one attached hydrogen (secondary N) is 1. The molecule has 0 aromatic rings. The first-order chi connectivity index (χ1) is 5.67. The van der Waals surface area contributed by atoms with E-state index in [9.17, 15) is 0 Å². The van der Waals surface area contributed by atoms with E-state index in [0.29, 0.717) is 5.41 Å². The van der Waals surface area contributed by atoms with Crippen molar-refractivity contribution in [2.45, 2.75) is 54.1 Å². The van der Waals surface area contributed by atoms with E-state index >= 15 is 0 Å². The van der Waals surface area contributed by atoms with Gasteiger partial charge < -0.3 is 0 Å². The fourth-order valence-electron chi connectivity index (χ4n) is 1.22.